The summed E-state index contributed by atoms with van der Waals surface area (Å²) < 4.78 is 21.4. The molecule has 94 valence electrons. The fourth-order valence-electron chi connectivity index (χ4n) is 0.800. The van der Waals surface area contributed by atoms with Crippen LogP contribution in [0.1, 0.15) is 12.8 Å². The highest BCUT2D eigenvalue weighted by atomic mass is 31.2. The Hall–Kier alpha value is 0.180. The van der Waals surface area contributed by atoms with Gasteiger partial charge in [0.15, 0.2) is 0 Å². The van der Waals surface area contributed by atoms with Crippen LogP contribution in [0.2, 0.25) is 0 Å². The van der Waals surface area contributed by atoms with Gasteiger partial charge in [-0.1, -0.05) is 0 Å². The van der Waals surface area contributed by atoms with Crippen LogP contribution in [0.15, 0.2) is 0 Å². The smallest absolute Gasteiger partial charge is 0.369 e. The average molecular weight is 267 g/mol. The topological polar surface area (TPSA) is 198 Å². The number of hydrogen-bond acceptors (Lipinski definition) is 4. The molecule has 0 aliphatic carbocycles. The zero-order chi connectivity index (χ0) is 11.6. The van der Waals surface area contributed by atoms with Crippen molar-refractivity contribution >= 4 is 15.2 Å². The second-order valence-corrected chi connectivity index (χ2v) is 6.76. The van der Waals surface area contributed by atoms with E-state index < -0.39 is 26.7 Å². The number of nitrogens with two attached hydrogens (primary N) is 1. The van der Waals surface area contributed by atoms with E-state index in [9.17, 15) is 14.2 Å². The molecule has 11 heteroatoms. The van der Waals surface area contributed by atoms with E-state index in [2.05, 4.69) is 0 Å². The fraction of sp³-hybridized carbons (Fsp3) is 1.00. The Kier molecular flexibility index (Phi) is 6.43. The monoisotopic (exact) mass is 267 g/mol. The van der Waals surface area contributed by atoms with Crippen LogP contribution in [0.3, 0.4) is 0 Å². The second-order valence-electron chi connectivity index (χ2n) is 2.75. The normalized spacial score (nSPS) is 13.5. The van der Waals surface area contributed by atoms with Crippen molar-refractivity contribution in [1.29, 1.82) is 0 Å². The van der Waals surface area contributed by atoms with Gasteiger partial charge in [-0.3, -0.25) is 9.13 Å². The number of rotatable bonds is 5. The van der Waals surface area contributed by atoms with Crippen molar-refractivity contribution in [2.75, 3.05) is 6.54 Å². The summed E-state index contributed by atoms with van der Waals surface area (Å²) in [7, 11) is -10.6. The van der Waals surface area contributed by atoms with Crippen LogP contribution in [0.25, 0.3) is 0 Å². The maximum absolute atomic E-state index is 10.7. The van der Waals surface area contributed by atoms with Crippen LogP contribution in [0.4, 0.5) is 0 Å². The van der Waals surface area contributed by atoms with E-state index in [4.69, 9.17) is 25.3 Å². The van der Waals surface area contributed by atoms with Gasteiger partial charge < -0.3 is 36.6 Å². The third-order valence-electron chi connectivity index (χ3n) is 1.65. The summed E-state index contributed by atoms with van der Waals surface area (Å²) in [5.74, 6) is 0. The second kappa shape index (κ2) is 5.49. The molecule has 0 spiro atoms. The molecule has 0 fully saturated rings. The van der Waals surface area contributed by atoms with Crippen molar-refractivity contribution in [2.24, 2.45) is 5.73 Å². The van der Waals surface area contributed by atoms with Gasteiger partial charge in [0.1, 0.15) is 0 Å². The maximum atomic E-state index is 10.7. The molecule has 11 N–H and O–H groups in total. The molecule has 15 heavy (non-hydrogen) atoms. The summed E-state index contributed by atoms with van der Waals surface area (Å²) in [5, 5.41) is 5.91. The van der Waals surface area contributed by atoms with Gasteiger partial charge in [0, 0.05) is 6.42 Å². The average Bonchev–Trinajstić information content (AvgIpc) is 1.95. The van der Waals surface area contributed by atoms with Crippen LogP contribution in [-0.4, -0.2) is 36.3 Å². The minimum Gasteiger partial charge on any atom is -0.369 e. The molecule has 0 aromatic heterocycles. The molecule has 0 aromatic carbocycles. The molecule has 9 nitrogen and oxygen atoms in total. The highest BCUT2D eigenvalue weighted by Gasteiger charge is 2.58. The minimum absolute atomic E-state index is 0. The SMILES string of the molecule is NCCCC(O)(P(=O)(O)O)P(=O)(O)O.[NH4+]. The Balaban J connectivity index is 0. The molecule has 0 aliphatic heterocycles. The predicted molar refractivity (Wildman–Crippen MR) is 53.3 cm³/mol. The number of quaternary nitrogens is 1. The number of hydrogen-bond donors (Lipinski definition) is 7. The highest BCUT2D eigenvalue weighted by Crippen LogP contribution is 2.69. The lowest BCUT2D eigenvalue weighted by molar-refractivity contribution is 0.121. The van der Waals surface area contributed by atoms with Crippen molar-refractivity contribution in [3.63, 3.8) is 0 Å². The molecular weight excluding hydrogens is 250 g/mol. The molecular formula is C4H17N2O7P2+. The van der Waals surface area contributed by atoms with Crippen molar-refractivity contribution in [1.82, 2.24) is 6.15 Å². The quantitative estimate of drug-likeness (QED) is 0.311. The van der Waals surface area contributed by atoms with E-state index in [1.165, 1.54) is 0 Å². The lowest BCUT2D eigenvalue weighted by atomic mass is 10.3. The van der Waals surface area contributed by atoms with Gasteiger partial charge in [0.2, 0.25) is 0 Å². The van der Waals surface area contributed by atoms with Crippen molar-refractivity contribution < 1.29 is 33.8 Å². The molecule has 0 bridgehead atoms. The first-order chi connectivity index (χ1) is 6.06. The Morgan fingerprint density at radius 3 is 1.60 bits per heavy atom. The first kappa shape index (κ1) is 17.6. The molecule has 0 heterocycles. The van der Waals surface area contributed by atoms with Gasteiger partial charge in [-0.15, -0.1) is 0 Å². The van der Waals surface area contributed by atoms with Gasteiger partial charge in [0.05, 0.1) is 0 Å². The lowest BCUT2D eigenvalue weighted by Gasteiger charge is -2.28. The maximum Gasteiger partial charge on any atom is 0.369 e. The molecule has 0 aromatic rings. The van der Waals surface area contributed by atoms with E-state index in [1.54, 1.807) is 0 Å². The summed E-state index contributed by atoms with van der Waals surface area (Å²) in [4.78, 5) is 34.5. The summed E-state index contributed by atoms with van der Waals surface area (Å²) >= 11 is 0. The molecule has 0 aliphatic rings. The summed E-state index contributed by atoms with van der Waals surface area (Å²) in [6.45, 7) is -0.0394. The summed E-state index contributed by atoms with van der Waals surface area (Å²) in [6.07, 6.45) is -0.856. The van der Waals surface area contributed by atoms with Gasteiger partial charge in [-0.25, -0.2) is 0 Å². The summed E-state index contributed by atoms with van der Waals surface area (Å²) in [6, 6.07) is 0. The zero-order valence-electron chi connectivity index (χ0n) is 8.15. The van der Waals surface area contributed by atoms with Crippen LogP contribution in [0, 0.1) is 0 Å². The Morgan fingerprint density at radius 1 is 1.07 bits per heavy atom. The molecule has 0 saturated carbocycles. The van der Waals surface area contributed by atoms with E-state index in [1.807, 2.05) is 0 Å². The summed E-state index contributed by atoms with van der Waals surface area (Å²) in [5.41, 5.74) is 5.01. The standard InChI is InChI=1S/C4H13NO7P2.H3N/c5-3-1-2-4(6,13(7,8)9)14(10,11)12;/h6H,1-3,5H2,(H2,7,8,9)(H2,10,11,12);1H3/p+1. The van der Waals surface area contributed by atoms with Gasteiger partial charge in [-0.05, 0) is 13.0 Å². The molecule has 0 unspecified atom stereocenters. The number of aliphatic hydroxyl groups is 1. The Labute approximate surface area is 86.2 Å². The van der Waals surface area contributed by atoms with Gasteiger partial charge >= 0.3 is 15.2 Å². The predicted octanol–water partition coefficient (Wildman–Crippen LogP) is -0.897. The molecule has 0 rings (SSSR count). The third-order valence-corrected chi connectivity index (χ3v) is 5.53. The van der Waals surface area contributed by atoms with E-state index in [-0.39, 0.29) is 19.1 Å². The molecule has 0 saturated heterocycles. The Bertz CT molecular complexity index is 261. The van der Waals surface area contributed by atoms with E-state index >= 15 is 0 Å². The molecule has 0 radical (unpaired) electrons. The molecule has 0 amide bonds. The Morgan fingerprint density at radius 2 is 1.40 bits per heavy atom. The van der Waals surface area contributed by atoms with Gasteiger partial charge in [-0.2, -0.15) is 0 Å². The van der Waals surface area contributed by atoms with Crippen molar-refractivity contribution in [3.8, 4) is 0 Å². The first-order valence-corrected chi connectivity index (χ1v) is 6.82. The molecule has 0 atom stereocenters. The van der Waals surface area contributed by atoms with Crippen molar-refractivity contribution in [3.05, 3.63) is 0 Å². The first-order valence-electron chi connectivity index (χ1n) is 3.60. The van der Waals surface area contributed by atoms with Crippen LogP contribution < -0.4 is 11.9 Å². The lowest BCUT2D eigenvalue weighted by Crippen LogP contribution is -2.29. The fourth-order valence-corrected chi connectivity index (χ4v) is 3.06. The third kappa shape index (κ3) is 3.92. The van der Waals surface area contributed by atoms with Crippen molar-refractivity contribution in [2.45, 2.75) is 17.9 Å². The van der Waals surface area contributed by atoms with E-state index in [0.717, 1.165) is 0 Å². The van der Waals surface area contributed by atoms with E-state index in [0.29, 0.717) is 0 Å². The highest BCUT2D eigenvalue weighted by molar-refractivity contribution is 7.72. The van der Waals surface area contributed by atoms with Gasteiger partial charge in [0.25, 0.3) is 5.08 Å². The largest absolute Gasteiger partial charge is 0.369 e. The zero-order valence-corrected chi connectivity index (χ0v) is 9.93. The minimum atomic E-state index is -5.30. The van der Waals surface area contributed by atoms with Crippen LogP contribution >= 0.6 is 15.2 Å². The van der Waals surface area contributed by atoms with Crippen LogP contribution in [0.5, 0.6) is 0 Å². The van der Waals surface area contributed by atoms with Crippen LogP contribution in [-0.2, 0) is 9.13 Å².